The van der Waals surface area contributed by atoms with Crippen molar-refractivity contribution in [3.63, 3.8) is 0 Å². The molecule has 0 aliphatic carbocycles. The van der Waals surface area contributed by atoms with Crippen molar-refractivity contribution in [1.82, 2.24) is 5.32 Å². The molecule has 2 unspecified atom stereocenters. The third-order valence-electron chi connectivity index (χ3n) is 2.78. The van der Waals surface area contributed by atoms with E-state index in [1.807, 2.05) is 0 Å². The monoisotopic (exact) mass is 313 g/mol. The molecule has 2 rings (SSSR count). The predicted molar refractivity (Wildman–Crippen MR) is 76.7 cm³/mol. The van der Waals surface area contributed by atoms with Crippen molar-refractivity contribution >= 4 is 29.1 Å². The molecule has 2 atom stereocenters. The molecule has 0 aliphatic heterocycles. The average Bonchev–Trinajstić information content (AvgIpc) is 2.90. The van der Waals surface area contributed by atoms with Gasteiger partial charge >= 0.3 is 0 Å². The molecule has 0 saturated carbocycles. The summed E-state index contributed by atoms with van der Waals surface area (Å²) < 4.78 is 5.18. The van der Waals surface area contributed by atoms with E-state index in [0.717, 1.165) is 0 Å². The van der Waals surface area contributed by atoms with Crippen LogP contribution in [0.4, 0.5) is 0 Å². The Balaban J connectivity index is 2.08. The molecule has 4 nitrogen and oxygen atoms in total. The molecule has 1 heterocycles. The first-order valence-corrected chi connectivity index (χ1v) is 6.71. The maximum absolute atomic E-state index is 12.0. The maximum Gasteiger partial charge on any atom is 0.254 e. The minimum atomic E-state index is -1.34. The zero-order chi connectivity index (χ0) is 14.7. The molecule has 0 bridgehead atoms. The molecular weight excluding hydrogens is 301 g/mol. The second-order valence-corrected chi connectivity index (χ2v) is 5.22. The molecule has 2 aromatic rings. The first kappa shape index (κ1) is 14.9. The molecule has 106 valence electrons. The molecule has 0 spiro atoms. The van der Waals surface area contributed by atoms with E-state index in [0.29, 0.717) is 21.4 Å². The summed E-state index contributed by atoms with van der Waals surface area (Å²) >= 11 is 11.7. The van der Waals surface area contributed by atoms with Gasteiger partial charge < -0.3 is 14.8 Å². The van der Waals surface area contributed by atoms with Gasteiger partial charge in [0.15, 0.2) is 6.10 Å². The normalized spacial score (nSPS) is 13.8. The van der Waals surface area contributed by atoms with Crippen LogP contribution in [0.25, 0.3) is 0 Å². The average molecular weight is 314 g/mol. The summed E-state index contributed by atoms with van der Waals surface area (Å²) in [4.78, 5) is 12.0. The van der Waals surface area contributed by atoms with Gasteiger partial charge in [-0.25, -0.2) is 0 Å². The molecule has 0 aliphatic rings. The summed E-state index contributed by atoms with van der Waals surface area (Å²) in [5.41, 5.74) is 0.339. The van der Waals surface area contributed by atoms with Gasteiger partial charge in [0.05, 0.1) is 12.3 Å². The number of aliphatic hydroxyl groups excluding tert-OH is 1. The maximum atomic E-state index is 12.0. The van der Waals surface area contributed by atoms with Crippen molar-refractivity contribution in [2.45, 2.75) is 19.1 Å². The molecule has 1 amide bonds. The van der Waals surface area contributed by atoms with Crippen molar-refractivity contribution in [3.8, 4) is 0 Å². The van der Waals surface area contributed by atoms with Crippen LogP contribution in [-0.2, 0) is 4.79 Å². The summed E-state index contributed by atoms with van der Waals surface area (Å²) in [6.07, 6.45) is 0.175. The third-order valence-corrected chi connectivity index (χ3v) is 3.21. The number of aliphatic hydroxyl groups is 1. The van der Waals surface area contributed by atoms with E-state index in [1.54, 1.807) is 19.1 Å². The van der Waals surface area contributed by atoms with Crippen molar-refractivity contribution in [2.24, 2.45) is 0 Å². The second kappa shape index (κ2) is 6.31. The number of halogens is 2. The van der Waals surface area contributed by atoms with E-state index in [9.17, 15) is 9.90 Å². The van der Waals surface area contributed by atoms with Gasteiger partial charge in [-0.2, -0.15) is 0 Å². The first-order chi connectivity index (χ1) is 9.47. The number of carbonyl (C=O) groups is 1. The summed E-state index contributed by atoms with van der Waals surface area (Å²) in [7, 11) is 0. The molecule has 0 saturated heterocycles. The summed E-state index contributed by atoms with van der Waals surface area (Å²) in [6, 6.07) is 7.65. The largest absolute Gasteiger partial charge is 0.467 e. The first-order valence-electron chi connectivity index (χ1n) is 5.95. The van der Waals surface area contributed by atoms with Crippen molar-refractivity contribution in [3.05, 3.63) is 58.0 Å². The van der Waals surface area contributed by atoms with Crippen LogP contribution in [0, 0.1) is 0 Å². The van der Waals surface area contributed by atoms with Gasteiger partial charge in [-0.05, 0) is 42.8 Å². The number of hydrogen-bond acceptors (Lipinski definition) is 3. The minimum absolute atomic E-state index is 0.339. The van der Waals surface area contributed by atoms with Crippen molar-refractivity contribution in [2.75, 3.05) is 0 Å². The molecule has 6 heteroatoms. The number of amides is 1. The Kier molecular flexibility index (Phi) is 4.70. The lowest BCUT2D eigenvalue weighted by molar-refractivity contribution is -0.130. The van der Waals surface area contributed by atoms with Crippen LogP contribution in [-0.4, -0.2) is 11.0 Å². The van der Waals surface area contributed by atoms with E-state index in [-0.39, 0.29) is 6.04 Å². The second-order valence-electron chi connectivity index (χ2n) is 4.35. The summed E-state index contributed by atoms with van der Waals surface area (Å²) in [5, 5.41) is 13.4. The predicted octanol–water partition coefficient (Wildman–Crippen LogP) is 3.50. The number of furan rings is 1. The number of benzene rings is 1. The van der Waals surface area contributed by atoms with Crippen LogP contribution < -0.4 is 5.32 Å². The highest BCUT2D eigenvalue weighted by Gasteiger charge is 2.21. The zero-order valence-electron chi connectivity index (χ0n) is 10.6. The lowest BCUT2D eigenvalue weighted by atomic mass is 10.1. The number of nitrogens with one attached hydrogen (secondary N) is 1. The van der Waals surface area contributed by atoms with Gasteiger partial charge in [0.25, 0.3) is 5.91 Å². The number of rotatable bonds is 4. The number of carbonyl (C=O) groups excluding carboxylic acids is 1. The van der Waals surface area contributed by atoms with E-state index >= 15 is 0 Å². The quantitative estimate of drug-likeness (QED) is 0.908. The van der Waals surface area contributed by atoms with E-state index in [4.69, 9.17) is 27.6 Å². The van der Waals surface area contributed by atoms with Crippen LogP contribution in [0.15, 0.2) is 41.0 Å². The molecule has 2 N–H and O–H groups in total. The molecule has 20 heavy (non-hydrogen) atoms. The Morgan fingerprint density at radius 2 is 1.95 bits per heavy atom. The van der Waals surface area contributed by atoms with Crippen LogP contribution in [0.2, 0.25) is 10.0 Å². The Hall–Kier alpha value is -1.49. The van der Waals surface area contributed by atoms with E-state index < -0.39 is 12.0 Å². The van der Waals surface area contributed by atoms with Crippen LogP contribution >= 0.6 is 23.2 Å². The molecular formula is C14H13Cl2NO3. The fourth-order valence-corrected chi connectivity index (χ4v) is 2.33. The molecule has 0 radical (unpaired) electrons. The highest BCUT2D eigenvalue weighted by molar-refractivity contribution is 6.34. The van der Waals surface area contributed by atoms with E-state index in [2.05, 4.69) is 5.32 Å². The fourth-order valence-electron chi connectivity index (χ4n) is 1.79. The van der Waals surface area contributed by atoms with Crippen LogP contribution in [0.5, 0.6) is 0 Å². The van der Waals surface area contributed by atoms with Gasteiger partial charge in [0.2, 0.25) is 0 Å². The molecule has 1 aromatic heterocycles. The van der Waals surface area contributed by atoms with Gasteiger partial charge in [0.1, 0.15) is 5.76 Å². The molecule has 1 aromatic carbocycles. The fraction of sp³-hybridized carbons (Fsp3) is 0.214. The standard InChI is InChI=1S/C14H13Cl2NO3/c1-8(12-3-2-4-20-12)17-14(19)13(18)9-5-10(15)7-11(16)6-9/h2-8,13,18H,1H3,(H,17,19). The Morgan fingerprint density at radius 1 is 1.30 bits per heavy atom. The lowest BCUT2D eigenvalue weighted by Crippen LogP contribution is -2.31. The summed E-state index contributed by atoms with van der Waals surface area (Å²) in [6.45, 7) is 1.76. The van der Waals surface area contributed by atoms with Gasteiger partial charge in [0, 0.05) is 10.0 Å². The highest BCUT2D eigenvalue weighted by atomic mass is 35.5. The van der Waals surface area contributed by atoms with Gasteiger partial charge in [-0.15, -0.1) is 0 Å². The smallest absolute Gasteiger partial charge is 0.254 e. The van der Waals surface area contributed by atoms with Crippen LogP contribution in [0.3, 0.4) is 0 Å². The third kappa shape index (κ3) is 3.54. The van der Waals surface area contributed by atoms with Gasteiger partial charge in [-0.3, -0.25) is 4.79 Å². The highest BCUT2D eigenvalue weighted by Crippen LogP contribution is 2.24. The Labute approximate surface area is 126 Å². The zero-order valence-corrected chi connectivity index (χ0v) is 12.2. The Bertz CT molecular complexity index is 578. The van der Waals surface area contributed by atoms with Crippen LogP contribution in [0.1, 0.15) is 30.4 Å². The van der Waals surface area contributed by atoms with Gasteiger partial charge in [-0.1, -0.05) is 23.2 Å². The topological polar surface area (TPSA) is 62.5 Å². The lowest BCUT2D eigenvalue weighted by Gasteiger charge is -2.16. The SMILES string of the molecule is CC(NC(=O)C(O)c1cc(Cl)cc(Cl)c1)c1ccco1. The minimum Gasteiger partial charge on any atom is -0.467 e. The van der Waals surface area contributed by atoms with Crippen molar-refractivity contribution < 1.29 is 14.3 Å². The molecule has 0 fully saturated rings. The van der Waals surface area contributed by atoms with E-state index in [1.165, 1.54) is 24.5 Å². The Morgan fingerprint density at radius 3 is 2.50 bits per heavy atom. The van der Waals surface area contributed by atoms with Crippen molar-refractivity contribution in [1.29, 1.82) is 0 Å². The number of hydrogen-bond donors (Lipinski definition) is 2. The summed E-state index contributed by atoms with van der Waals surface area (Å²) in [5.74, 6) is 0.0573.